The molecule has 4 rings (SSSR count). The third-order valence-corrected chi connectivity index (χ3v) is 7.06. The molecule has 0 radical (unpaired) electrons. The fourth-order valence-corrected chi connectivity index (χ4v) is 4.77. The molecule has 190 valence electrons. The molecule has 0 spiro atoms. The van der Waals surface area contributed by atoms with Gasteiger partial charge in [-0.1, -0.05) is 25.1 Å². The predicted molar refractivity (Wildman–Crippen MR) is 142 cm³/mol. The number of sulfonamides is 1. The van der Waals surface area contributed by atoms with Crippen LogP contribution >= 0.6 is 0 Å². The SMILES string of the molecule is CC/C([O-])=N/S(=O)(=O)c1ccc(C(=O)/C=C/c2cc(-c3cc4ccccc4[nH]3)c(OC)cc2OC)cc1. The second kappa shape index (κ2) is 10.7. The number of carbonyl (C=O) groups excluding carboxylic acids is 1. The van der Waals surface area contributed by atoms with Crippen molar-refractivity contribution >= 4 is 38.7 Å². The lowest BCUT2D eigenvalue weighted by Crippen LogP contribution is -2.18. The monoisotopic (exact) mass is 517 g/mol. The number of fused-ring (bicyclic) bond motifs is 1. The highest BCUT2D eigenvalue weighted by molar-refractivity contribution is 7.90. The molecule has 0 amide bonds. The molecule has 0 atom stereocenters. The largest absolute Gasteiger partial charge is 0.861 e. The molecule has 37 heavy (non-hydrogen) atoms. The summed E-state index contributed by atoms with van der Waals surface area (Å²) < 4.78 is 38.8. The van der Waals surface area contributed by atoms with E-state index in [2.05, 4.69) is 9.38 Å². The molecule has 0 saturated heterocycles. The van der Waals surface area contributed by atoms with Crippen molar-refractivity contribution in [2.75, 3.05) is 14.2 Å². The molecular weight excluding hydrogens is 492 g/mol. The minimum Gasteiger partial charge on any atom is -0.861 e. The molecule has 8 nitrogen and oxygen atoms in total. The lowest BCUT2D eigenvalue weighted by atomic mass is 10.0. The molecule has 1 aromatic heterocycles. The van der Waals surface area contributed by atoms with Crippen LogP contribution < -0.4 is 14.6 Å². The van der Waals surface area contributed by atoms with Crippen molar-refractivity contribution in [3.8, 4) is 22.8 Å². The van der Waals surface area contributed by atoms with Crippen molar-refractivity contribution in [2.24, 2.45) is 4.40 Å². The van der Waals surface area contributed by atoms with E-state index in [-0.39, 0.29) is 22.7 Å². The predicted octanol–water partition coefficient (Wildman–Crippen LogP) is 4.61. The van der Waals surface area contributed by atoms with E-state index in [0.717, 1.165) is 22.2 Å². The summed E-state index contributed by atoms with van der Waals surface area (Å²) in [5.41, 5.74) is 3.57. The van der Waals surface area contributed by atoms with Gasteiger partial charge in [0.15, 0.2) is 5.78 Å². The first kappa shape index (κ1) is 25.7. The second-order valence-corrected chi connectivity index (χ2v) is 9.70. The van der Waals surface area contributed by atoms with Crippen LogP contribution in [0.4, 0.5) is 0 Å². The number of ether oxygens (including phenoxy) is 2. The van der Waals surface area contributed by atoms with Gasteiger partial charge in [-0.2, -0.15) is 12.8 Å². The lowest BCUT2D eigenvalue weighted by Gasteiger charge is -2.12. The van der Waals surface area contributed by atoms with E-state index in [4.69, 9.17) is 9.47 Å². The number of aromatic amines is 1. The number of nitrogens with zero attached hydrogens (tertiary/aromatic N) is 1. The molecule has 0 fully saturated rings. The van der Waals surface area contributed by atoms with Crippen molar-refractivity contribution in [2.45, 2.75) is 18.2 Å². The van der Waals surface area contributed by atoms with E-state index in [1.165, 1.54) is 44.4 Å². The summed E-state index contributed by atoms with van der Waals surface area (Å²) in [5, 5.41) is 12.5. The fraction of sp³-hybridized carbons (Fsp3) is 0.143. The van der Waals surface area contributed by atoms with E-state index in [1.807, 2.05) is 36.4 Å². The first-order chi connectivity index (χ1) is 17.7. The molecule has 4 aromatic rings. The van der Waals surface area contributed by atoms with Crippen LogP contribution in [0, 0.1) is 0 Å². The van der Waals surface area contributed by atoms with E-state index in [1.54, 1.807) is 19.3 Å². The summed E-state index contributed by atoms with van der Waals surface area (Å²) in [5.74, 6) is 0.0546. The minimum absolute atomic E-state index is 0.0165. The number of allylic oxidation sites excluding steroid dienone is 1. The second-order valence-electron chi connectivity index (χ2n) is 8.10. The maximum Gasteiger partial charge on any atom is 0.281 e. The first-order valence-corrected chi connectivity index (χ1v) is 12.9. The molecule has 0 bridgehead atoms. The Kier molecular flexibility index (Phi) is 7.45. The average Bonchev–Trinajstić information content (AvgIpc) is 3.35. The Morgan fingerprint density at radius 2 is 1.70 bits per heavy atom. The number of benzene rings is 3. The van der Waals surface area contributed by atoms with Crippen molar-refractivity contribution < 1.29 is 27.8 Å². The van der Waals surface area contributed by atoms with Gasteiger partial charge in [0.1, 0.15) is 11.5 Å². The molecule has 9 heteroatoms. The van der Waals surface area contributed by atoms with Crippen LogP contribution in [0.3, 0.4) is 0 Å². The van der Waals surface area contributed by atoms with Gasteiger partial charge in [0.25, 0.3) is 10.0 Å². The number of ketones is 1. The van der Waals surface area contributed by atoms with E-state index >= 15 is 0 Å². The maximum atomic E-state index is 12.8. The summed E-state index contributed by atoms with van der Waals surface area (Å²) >= 11 is 0. The Hall–Kier alpha value is -4.37. The molecule has 3 aromatic carbocycles. The zero-order valence-electron chi connectivity index (χ0n) is 20.5. The Morgan fingerprint density at radius 1 is 1.00 bits per heavy atom. The summed E-state index contributed by atoms with van der Waals surface area (Å²) in [6.07, 6.45) is 3.00. The molecule has 0 unspecified atom stereocenters. The summed E-state index contributed by atoms with van der Waals surface area (Å²) in [6.45, 7) is 1.52. The number of para-hydroxylation sites is 1. The highest BCUT2D eigenvalue weighted by Gasteiger charge is 2.15. The Bertz CT molecular complexity index is 1580. The summed E-state index contributed by atoms with van der Waals surface area (Å²) in [6, 6.07) is 18.8. The zero-order valence-corrected chi connectivity index (χ0v) is 21.3. The smallest absolute Gasteiger partial charge is 0.281 e. The standard InChI is InChI=1S/C28H26N2O6S/c1-4-28(32)30-37(33,34)21-12-9-18(10-13-21)25(31)14-11-20-15-22(27(36-3)17-26(20)35-2)24-16-19-7-5-6-8-23(19)29-24/h5-17,29H,4H2,1-3H3,(H,30,32)/p-1/b14-11+. The quantitative estimate of drug-likeness (QED) is 0.150. The Morgan fingerprint density at radius 3 is 2.35 bits per heavy atom. The number of carbonyl (C=O) groups is 1. The van der Waals surface area contributed by atoms with Gasteiger partial charge in [0.2, 0.25) is 0 Å². The van der Waals surface area contributed by atoms with Crippen molar-refractivity contribution in [1.29, 1.82) is 0 Å². The van der Waals surface area contributed by atoms with E-state index in [0.29, 0.717) is 17.1 Å². The number of nitrogens with one attached hydrogen (secondary N) is 1. The van der Waals surface area contributed by atoms with Gasteiger partial charge in [0.05, 0.1) is 24.8 Å². The number of H-pyrrole nitrogens is 1. The average molecular weight is 518 g/mol. The number of rotatable bonds is 9. The number of aromatic nitrogens is 1. The van der Waals surface area contributed by atoms with Crippen LogP contribution in [0.15, 0.2) is 82.1 Å². The van der Waals surface area contributed by atoms with Crippen LogP contribution in [0.2, 0.25) is 0 Å². The molecule has 1 heterocycles. The van der Waals surface area contributed by atoms with Crippen LogP contribution in [0.25, 0.3) is 28.2 Å². The van der Waals surface area contributed by atoms with Gasteiger partial charge in [-0.25, -0.2) is 0 Å². The number of hydrogen-bond donors (Lipinski definition) is 1. The van der Waals surface area contributed by atoms with Crippen LogP contribution in [-0.2, 0) is 10.0 Å². The topological polar surface area (TPSA) is 121 Å². The highest BCUT2D eigenvalue weighted by atomic mass is 32.2. The zero-order chi connectivity index (χ0) is 26.6. The van der Waals surface area contributed by atoms with Gasteiger partial charge < -0.3 is 19.6 Å². The molecule has 0 aliphatic carbocycles. The fourth-order valence-electron chi connectivity index (χ4n) is 3.79. The van der Waals surface area contributed by atoms with Gasteiger partial charge in [-0.3, -0.25) is 4.79 Å². The van der Waals surface area contributed by atoms with Gasteiger partial charge in [-0.05, 0) is 66.9 Å². The van der Waals surface area contributed by atoms with Crippen LogP contribution in [0.1, 0.15) is 29.3 Å². The summed E-state index contributed by atoms with van der Waals surface area (Å²) in [7, 11) is -1.00. The Labute approximate surface area is 215 Å². The molecular formula is C28H25N2O6S-. The number of methoxy groups -OCH3 is 2. The third kappa shape index (κ3) is 5.57. The van der Waals surface area contributed by atoms with Crippen molar-refractivity contribution in [1.82, 2.24) is 4.98 Å². The summed E-state index contributed by atoms with van der Waals surface area (Å²) in [4.78, 5) is 16.0. The van der Waals surface area contributed by atoms with Crippen molar-refractivity contribution in [3.05, 3.63) is 83.9 Å². The normalized spacial score (nSPS) is 12.2. The highest BCUT2D eigenvalue weighted by Crippen LogP contribution is 2.37. The van der Waals surface area contributed by atoms with E-state index in [9.17, 15) is 18.3 Å². The maximum absolute atomic E-state index is 12.8. The number of hydrogen-bond acceptors (Lipinski definition) is 6. The molecule has 0 aliphatic rings. The lowest BCUT2D eigenvalue weighted by molar-refractivity contribution is -0.217. The van der Waals surface area contributed by atoms with Gasteiger partial charge in [-0.15, -0.1) is 0 Å². The molecule has 0 saturated carbocycles. The van der Waals surface area contributed by atoms with Gasteiger partial charge in [0, 0.05) is 33.7 Å². The van der Waals surface area contributed by atoms with Crippen molar-refractivity contribution in [3.63, 3.8) is 0 Å². The van der Waals surface area contributed by atoms with Crippen LogP contribution in [-0.4, -0.2) is 39.3 Å². The first-order valence-electron chi connectivity index (χ1n) is 11.4. The Balaban J connectivity index is 1.64. The van der Waals surface area contributed by atoms with Crippen LogP contribution in [0.5, 0.6) is 11.5 Å². The van der Waals surface area contributed by atoms with Gasteiger partial charge >= 0.3 is 0 Å². The molecule has 0 aliphatic heterocycles. The van der Waals surface area contributed by atoms with E-state index < -0.39 is 15.9 Å². The third-order valence-electron chi connectivity index (χ3n) is 5.75. The minimum atomic E-state index is -4.11. The molecule has 1 N–H and O–H groups in total.